The summed E-state index contributed by atoms with van der Waals surface area (Å²) in [5.74, 6) is -0.189. The summed E-state index contributed by atoms with van der Waals surface area (Å²) in [5.41, 5.74) is 3.27. The molecule has 3 heteroatoms. The van der Waals surface area contributed by atoms with Gasteiger partial charge < -0.3 is 4.74 Å². The van der Waals surface area contributed by atoms with Gasteiger partial charge in [0.1, 0.15) is 6.61 Å². The fraction of sp³-hybridized carbons (Fsp3) is 0.188. The zero-order chi connectivity index (χ0) is 13.5. The van der Waals surface area contributed by atoms with Crippen LogP contribution in [-0.4, -0.2) is 5.97 Å². The Morgan fingerprint density at radius 3 is 2.16 bits per heavy atom. The Morgan fingerprint density at radius 1 is 0.895 bits per heavy atom. The minimum atomic E-state index is -0.189. The smallest absolute Gasteiger partial charge is 0.310 e. The van der Waals surface area contributed by atoms with Crippen molar-refractivity contribution in [2.45, 2.75) is 17.5 Å². The molecule has 19 heavy (non-hydrogen) atoms. The van der Waals surface area contributed by atoms with Crippen molar-refractivity contribution < 1.29 is 9.53 Å². The molecule has 0 saturated carbocycles. The lowest BCUT2D eigenvalue weighted by Gasteiger charge is -2.05. The number of hydrogen-bond acceptors (Lipinski definition) is 2. The Bertz CT molecular complexity index is 520. The number of carbonyl (C=O) groups is 1. The van der Waals surface area contributed by atoms with Crippen LogP contribution in [0.15, 0.2) is 54.6 Å². The zero-order valence-electron chi connectivity index (χ0n) is 10.5. The molecular formula is C16H15IO2. The standard InChI is InChI=1S/C16H15IO2/c17-11-14-8-6-13(7-9-14)10-16(18)19-12-15-4-2-1-3-5-15/h1-9H,10-12H2. The number of benzene rings is 2. The van der Waals surface area contributed by atoms with Gasteiger partial charge in [-0.15, -0.1) is 0 Å². The average Bonchev–Trinajstić information content (AvgIpc) is 2.47. The van der Waals surface area contributed by atoms with E-state index in [1.54, 1.807) is 0 Å². The summed E-state index contributed by atoms with van der Waals surface area (Å²) in [5, 5.41) is 0. The van der Waals surface area contributed by atoms with E-state index in [-0.39, 0.29) is 5.97 Å². The van der Waals surface area contributed by atoms with Crippen molar-refractivity contribution in [3.63, 3.8) is 0 Å². The molecule has 0 aliphatic rings. The molecule has 0 atom stereocenters. The summed E-state index contributed by atoms with van der Waals surface area (Å²) in [6.07, 6.45) is 0.328. The van der Waals surface area contributed by atoms with Crippen LogP contribution in [-0.2, 0) is 27.0 Å². The van der Waals surface area contributed by atoms with Crippen LogP contribution in [0.4, 0.5) is 0 Å². The van der Waals surface area contributed by atoms with Crippen LogP contribution < -0.4 is 0 Å². The molecule has 98 valence electrons. The lowest BCUT2D eigenvalue weighted by Crippen LogP contribution is -2.07. The van der Waals surface area contributed by atoms with E-state index >= 15 is 0 Å². The Labute approximate surface area is 126 Å². The molecule has 0 bridgehead atoms. The number of hydrogen-bond donors (Lipinski definition) is 0. The van der Waals surface area contributed by atoms with Crippen molar-refractivity contribution in [1.29, 1.82) is 0 Å². The summed E-state index contributed by atoms with van der Waals surface area (Å²) in [6.45, 7) is 0.339. The molecule has 0 unspecified atom stereocenters. The molecule has 0 aliphatic carbocycles. The van der Waals surface area contributed by atoms with Crippen molar-refractivity contribution in [1.82, 2.24) is 0 Å². The lowest BCUT2D eigenvalue weighted by atomic mass is 10.1. The van der Waals surface area contributed by atoms with Gasteiger partial charge in [0.25, 0.3) is 0 Å². The third-order valence-corrected chi connectivity index (χ3v) is 3.65. The molecule has 0 radical (unpaired) electrons. The highest BCUT2D eigenvalue weighted by atomic mass is 127. The Hall–Kier alpha value is -1.36. The van der Waals surface area contributed by atoms with Crippen LogP contribution in [0.3, 0.4) is 0 Å². The van der Waals surface area contributed by atoms with Gasteiger partial charge >= 0.3 is 5.97 Å². The van der Waals surface area contributed by atoms with Crippen LogP contribution in [0, 0.1) is 0 Å². The van der Waals surface area contributed by atoms with Gasteiger partial charge in [-0.1, -0.05) is 77.2 Å². The van der Waals surface area contributed by atoms with Crippen molar-refractivity contribution in [3.8, 4) is 0 Å². The first kappa shape index (κ1) is 14.1. The molecule has 2 aromatic rings. The number of halogens is 1. The molecule has 2 nitrogen and oxygen atoms in total. The highest BCUT2D eigenvalue weighted by Crippen LogP contribution is 2.10. The SMILES string of the molecule is O=C(Cc1ccc(CI)cc1)OCc1ccccc1. The zero-order valence-corrected chi connectivity index (χ0v) is 12.7. The van der Waals surface area contributed by atoms with E-state index in [4.69, 9.17) is 4.74 Å². The topological polar surface area (TPSA) is 26.3 Å². The van der Waals surface area contributed by atoms with Gasteiger partial charge in [-0.3, -0.25) is 4.79 Å². The molecule has 0 N–H and O–H groups in total. The van der Waals surface area contributed by atoms with Crippen molar-refractivity contribution >= 4 is 28.6 Å². The molecule has 2 rings (SSSR count). The van der Waals surface area contributed by atoms with Gasteiger partial charge in [-0.05, 0) is 16.7 Å². The van der Waals surface area contributed by atoms with Crippen molar-refractivity contribution in [2.75, 3.05) is 0 Å². The number of esters is 1. The van der Waals surface area contributed by atoms with Crippen LogP contribution in [0.2, 0.25) is 0 Å². The average molecular weight is 366 g/mol. The molecule has 0 spiro atoms. The second-order valence-electron chi connectivity index (χ2n) is 4.27. The second-order valence-corrected chi connectivity index (χ2v) is 5.04. The first-order valence-corrected chi connectivity index (χ1v) is 7.64. The fourth-order valence-corrected chi connectivity index (χ4v) is 2.21. The van der Waals surface area contributed by atoms with Crippen LogP contribution in [0.25, 0.3) is 0 Å². The van der Waals surface area contributed by atoms with E-state index in [1.807, 2.05) is 54.6 Å². The summed E-state index contributed by atoms with van der Waals surface area (Å²) >= 11 is 2.32. The highest BCUT2D eigenvalue weighted by molar-refractivity contribution is 14.1. The van der Waals surface area contributed by atoms with E-state index in [2.05, 4.69) is 22.6 Å². The number of carbonyl (C=O) groups excluding carboxylic acids is 1. The number of alkyl halides is 1. The van der Waals surface area contributed by atoms with Gasteiger partial charge in [-0.2, -0.15) is 0 Å². The third kappa shape index (κ3) is 4.67. The van der Waals surface area contributed by atoms with Crippen LogP contribution >= 0.6 is 22.6 Å². The van der Waals surface area contributed by atoms with Gasteiger partial charge in [-0.25, -0.2) is 0 Å². The third-order valence-electron chi connectivity index (χ3n) is 2.77. The molecular weight excluding hydrogens is 351 g/mol. The van der Waals surface area contributed by atoms with E-state index < -0.39 is 0 Å². The minimum absolute atomic E-state index is 0.189. The molecule has 2 aromatic carbocycles. The predicted molar refractivity (Wildman–Crippen MR) is 84.1 cm³/mol. The Kier molecular flexibility index (Phi) is 5.39. The maximum Gasteiger partial charge on any atom is 0.310 e. The minimum Gasteiger partial charge on any atom is -0.461 e. The summed E-state index contributed by atoms with van der Waals surface area (Å²) in [6, 6.07) is 17.8. The first-order chi connectivity index (χ1) is 9.28. The van der Waals surface area contributed by atoms with E-state index in [0.717, 1.165) is 15.6 Å². The highest BCUT2D eigenvalue weighted by Gasteiger charge is 2.05. The van der Waals surface area contributed by atoms with Gasteiger partial charge in [0, 0.05) is 4.43 Å². The molecule has 0 aliphatic heterocycles. The normalized spacial score (nSPS) is 10.2. The second kappa shape index (κ2) is 7.28. The van der Waals surface area contributed by atoms with Gasteiger partial charge in [0.05, 0.1) is 6.42 Å². The largest absolute Gasteiger partial charge is 0.461 e. The maximum absolute atomic E-state index is 11.7. The molecule has 0 amide bonds. The van der Waals surface area contributed by atoms with Crippen LogP contribution in [0.5, 0.6) is 0 Å². The Morgan fingerprint density at radius 2 is 1.53 bits per heavy atom. The fourth-order valence-electron chi connectivity index (χ4n) is 1.70. The lowest BCUT2D eigenvalue weighted by molar-refractivity contribution is -0.144. The maximum atomic E-state index is 11.7. The van der Waals surface area contributed by atoms with E-state index in [9.17, 15) is 4.79 Å². The van der Waals surface area contributed by atoms with Gasteiger partial charge in [0.2, 0.25) is 0 Å². The summed E-state index contributed by atoms with van der Waals surface area (Å²) in [7, 11) is 0. The molecule has 0 aromatic heterocycles. The van der Waals surface area contributed by atoms with E-state index in [1.165, 1.54) is 5.56 Å². The molecule has 0 heterocycles. The summed E-state index contributed by atoms with van der Waals surface area (Å²) in [4.78, 5) is 11.7. The quantitative estimate of drug-likeness (QED) is 0.456. The van der Waals surface area contributed by atoms with Crippen molar-refractivity contribution in [3.05, 3.63) is 71.3 Å². The number of ether oxygens (including phenoxy) is 1. The Balaban J connectivity index is 1.83. The monoisotopic (exact) mass is 366 g/mol. The molecule has 0 saturated heterocycles. The van der Waals surface area contributed by atoms with E-state index in [0.29, 0.717) is 13.0 Å². The van der Waals surface area contributed by atoms with Gasteiger partial charge in [0.15, 0.2) is 0 Å². The van der Waals surface area contributed by atoms with Crippen molar-refractivity contribution in [2.24, 2.45) is 0 Å². The number of rotatable bonds is 5. The predicted octanol–water partition coefficient (Wildman–Crippen LogP) is 3.91. The van der Waals surface area contributed by atoms with Crippen LogP contribution in [0.1, 0.15) is 16.7 Å². The summed E-state index contributed by atoms with van der Waals surface area (Å²) < 4.78 is 6.23. The first-order valence-electron chi connectivity index (χ1n) is 6.11. The molecule has 0 fully saturated rings.